The summed E-state index contributed by atoms with van der Waals surface area (Å²) in [6.45, 7) is 3.14. The van der Waals surface area contributed by atoms with Crippen molar-refractivity contribution in [3.63, 3.8) is 0 Å². The van der Waals surface area contributed by atoms with E-state index in [0.717, 1.165) is 16.9 Å². The first-order valence-electron chi connectivity index (χ1n) is 5.18. The molecule has 1 atom stereocenters. The Bertz CT molecular complexity index is 289. The van der Waals surface area contributed by atoms with Crippen LogP contribution in [0.4, 0.5) is 0 Å². The van der Waals surface area contributed by atoms with Gasteiger partial charge in [-0.25, -0.2) is 0 Å². The smallest absolute Gasteiger partial charge is 0.103 e. The van der Waals surface area contributed by atoms with Gasteiger partial charge in [-0.05, 0) is 24.3 Å². The molecule has 84 valence electrons. The van der Waals surface area contributed by atoms with Crippen LogP contribution in [0.3, 0.4) is 0 Å². The predicted molar refractivity (Wildman–Crippen MR) is 64.3 cm³/mol. The van der Waals surface area contributed by atoms with E-state index >= 15 is 0 Å². The molecule has 15 heavy (non-hydrogen) atoms. The Labute approximate surface area is 95.7 Å². The van der Waals surface area contributed by atoms with E-state index in [4.69, 9.17) is 4.74 Å². The van der Waals surface area contributed by atoms with Gasteiger partial charge in [0.05, 0.1) is 6.61 Å². The van der Waals surface area contributed by atoms with Gasteiger partial charge >= 0.3 is 0 Å². The lowest BCUT2D eigenvalue weighted by Gasteiger charge is -2.14. The number of ether oxygens (including phenoxy) is 1. The number of hydrogen-bond donors (Lipinski definition) is 1. The summed E-state index contributed by atoms with van der Waals surface area (Å²) >= 11 is 1.65. The highest BCUT2D eigenvalue weighted by Crippen LogP contribution is 2.25. The average molecular weight is 226 g/mol. The molecule has 0 aromatic heterocycles. The van der Waals surface area contributed by atoms with Crippen LogP contribution in [0.2, 0.25) is 0 Å². The molecular weight excluding hydrogens is 208 g/mol. The van der Waals surface area contributed by atoms with Crippen molar-refractivity contribution in [2.24, 2.45) is 0 Å². The third-order valence-corrected chi connectivity index (χ3v) is 2.93. The zero-order valence-corrected chi connectivity index (χ0v) is 10.1. The molecule has 2 nitrogen and oxygen atoms in total. The van der Waals surface area contributed by atoms with Crippen LogP contribution in [-0.4, -0.2) is 24.6 Å². The molecule has 0 fully saturated rings. The first-order valence-corrected chi connectivity index (χ1v) is 6.40. The van der Waals surface area contributed by atoms with E-state index in [1.807, 2.05) is 30.5 Å². The summed E-state index contributed by atoms with van der Waals surface area (Å²) < 4.78 is 5.34. The summed E-state index contributed by atoms with van der Waals surface area (Å²) in [4.78, 5) is 1.12. The number of hydrogen-bond acceptors (Lipinski definition) is 3. The van der Waals surface area contributed by atoms with Crippen LogP contribution in [0.25, 0.3) is 0 Å². The Hall–Kier alpha value is -0.510. The Morgan fingerprint density at radius 2 is 2.13 bits per heavy atom. The van der Waals surface area contributed by atoms with Gasteiger partial charge in [-0.1, -0.05) is 25.1 Å². The number of benzene rings is 1. The number of thioether (sulfide) groups is 1. The van der Waals surface area contributed by atoms with Crippen LogP contribution in [0.1, 0.15) is 25.0 Å². The largest absolute Gasteiger partial charge is 0.386 e. The summed E-state index contributed by atoms with van der Waals surface area (Å²) in [5.74, 6) is 0. The second-order valence-corrected chi connectivity index (χ2v) is 4.18. The average Bonchev–Trinajstić information content (AvgIpc) is 2.29. The second-order valence-electron chi connectivity index (χ2n) is 3.33. The monoisotopic (exact) mass is 226 g/mol. The van der Waals surface area contributed by atoms with Crippen LogP contribution in [0, 0.1) is 0 Å². The van der Waals surface area contributed by atoms with E-state index in [9.17, 15) is 5.11 Å². The number of rotatable bonds is 6. The molecule has 0 saturated heterocycles. The molecule has 3 heteroatoms. The van der Waals surface area contributed by atoms with Gasteiger partial charge in [0.15, 0.2) is 0 Å². The quantitative estimate of drug-likeness (QED) is 0.597. The van der Waals surface area contributed by atoms with Crippen molar-refractivity contribution in [1.29, 1.82) is 0 Å². The zero-order valence-electron chi connectivity index (χ0n) is 9.27. The van der Waals surface area contributed by atoms with Crippen LogP contribution in [-0.2, 0) is 4.74 Å². The minimum absolute atomic E-state index is 0.380. The molecular formula is C12H18O2S. The lowest BCUT2D eigenvalue weighted by atomic mass is 10.1. The van der Waals surface area contributed by atoms with E-state index in [-0.39, 0.29) is 0 Å². The van der Waals surface area contributed by atoms with Gasteiger partial charge < -0.3 is 9.84 Å². The third-order valence-electron chi connectivity index (χ3n) is 2.12. The fourth-order valence-electron chi connectivity index (χ4n) is 1.37. The highest BCUT2D eigenvalue weighted by Gasteiger charge is 2.11. The Balaban J connectivity index is 2.59. The molecule has 0 aliphatic carbocycles. The van der Waals surface area contributed by atoms with Crippen LogP contribution >= 0.6 is 11.8 Å². The summed E-state index contributed by atoms with van der Waals surface area (Å²) in [6, 6.07) is 7.89. The van der Waals surface area contributed by atoms with Crippen molar-refractivity contribution in [3.05, 3.63) is 29.8 Å². The van der Waals surface area contributed by atoms with E-state index in [1.165, 1.54) is 0 Å². The van der Waals surface area contributed by atoms with Crippen molar-refractivity contribution >= 4 is 11.8 Å². The SMILES string of the molecule is CCCOCC(O)c1ccccc1SC. The third kappa shape index (κ3) is 3.86. The minimum atomic E-state index is -0.514. The molecule has 0 heterocycles. The summed E-state index contributed by atoms with van der Waals surface area (Å²) in [5, 5.41) is 9.92. The molecule has 0 aliphatic heterocycles. The number of aliphatic hydroxyl groups is 1. The highest BCUT2D eigenvalue weighted by molar-refractivity contribution is 7.98. The molecule has 1 aromatic carbocycles. The van der Waals surface area contributed by atoms with Gasteiger partial charge in [0.25, 0.3) is 0 Å². The molecule has 1 aromatic rings. The normalized spacial score (nSPS) is 12.7. The molecule has 0 spiro atoms. The molecule has 0 amide bonds. The first kappa shape index (κ1) is 12.6. The second kappa shape index (κ2) is 6.88. The Kier molecular flexibility index (Phi) is 5.76. The van der Waals surface area contributed by atoms with E-state index in [1.54, 1.807) is 11.8 Å². The van der Waals surface area contributed by atoms with Crippen LogP contribution in [0.5, 0.6) is 0 Å². The van der Waals surface area contributed by atoms with Crippen LogP contribution in [0.15, 0.2) is 29.2 Å². The van der Waals surface area contributed by atoms with E-state index < -0.39 is 6.10 Å². The standard InChI is InChI=1S/C12H18O2S/c1-3-8-14-9-11(13)10-6-4-5-7-12(10)15-2/h4-7,11,13H,3,8-9H2,1-2H3. The van der Waals surface area contributed by atoms with Crippen LogP contribution < -0.4 is 0 Å². The molecule has 0 saturated carbocycles. The van der Waals surface area contributed by atoms with Crippen molar-refractivity contribution in [3.8, 4) is 0 Å². The Morgan fingerprint density at radius 3 is 2.80 bits per heavy atom. The van der Waals surface area contributed by atoms with Gasteiger partial charge in [0.2, 0.25) is 0 Å². The van der Waals surface area contributed by atoms with Gasteiger partial charge in [0, 0.05) is 11.5 Å². The Morgan fingerprint density at radius 1 is 1.40 bits per heavy atom. The maximum atomic E-state index is 9.92. The zero-order chi connectivity index (χ0) is 11.1. The summed E-state index contributed by atoms with van der Waals surface area (Å²) in [6.07, 6.45) is 2.48. The lowest BCUT2D eigenvalue weighted by molar-refractivity contribution is 0.0351. The minimum Gasteiger partial charge on any atom is -0.386 e. The first-order chi connectivity index (χ1) is 7.29. The summed E-state index contributed by atoms with van der Waals surface area (Å²) in [5.41, 5.74) is 0.959. The van der Waals surface area contributed by atoms with E-state index in [2.05, 4.69) is 6.92 Å². The number of aliphatic hydroxyl groups excluding tert-OH is 1. The van der Waals surface area contributed by atoms with Crippen molar-refractivity contribution in [1.82, 2.24) is 0 Å². The molecule has 0 bridgehead atoms. The van der Waals surface area contributed by atoms with Gasteiger partial charge in [-0.2, -0.15) is 0 Å². The van der Waals surface area contributed by atoms with Gasteiger partial charge in [0.1, 0.15) is 6.10 Å². The molecule has 1 unspecified atom stereocenters. The fourth-order valence-corrected chi connectivity index (χ4v) is 2.03. The molecule has 1 rings (SSSR count). The van der Waals surface area contributed by atoms with Gasteiger partial charge in [-0.3, -0.25) is 0 Å². The van der Waals surface area contributed by atoms with Gasteiger partial charge in [-0.15, -0.1) is 11.8 Å². The summed E-state index contributed by atoms with van der Waals surface area (Å²) in [7, 11) is 0. The molecule has 1 N–H and O–H groups in total. The van der Waals surface area contributed by atoms with Crippen molar-refractivity contribution < 1.29 is 9.84 Å². The molecule has 0 aliphatic rings. The highest BCUT2D eigenvalue weighted by atomic mass is 32.2. The molecule has 0 radical (unpaired) electrons. The maximum absolute atomic E-state index is 9.92. The maximum Gasteiger partial charge on any atom is 0.103 e. The van der Waals surface area contributed by atoms with E-state index in [0.29, 0.717) is 13.2 Å². The fraction of sp³-hybridized carbons (Fsp3) is 0.500. The lowest BCUT2D eigenvalue weighted by Crippen LogP contribution is -2.08. The van der Waals surface area contributed by atoms with Crippen molar-refractivity contribution in [2.75, 3.05) is 19.5 Å². The topological polar surface area (TPSA) is 29.5 Å². The predicted octanol–water partition coefficient (Wildman–Crippen LogP) is 2.87. The van der Waals surface area contributed by atoms with Crippen molar-refractivity contribution in [2.45, 2.75) is 24.3 Å².